The molecular weight excluding hydrogens is 340 g/mol. The minimum atomic E-state index is 0.134. The maximum Gasteiger partial charge on any atom is 0.101 e. The van der Waals surface area contributed by atoms with Crippen molar-refractivity contribution in [3.8, 4) is 11.1 Å². The van der Waals surface area contributed by atoms with Crippen LogP contribution in [0.3, 0.4) is 0 Å². The molecule has 1 N–H and O–H groups in total. The van der Waals surface area contributed by atoms with Crippen LogP contribution in [0.15, 0.2) is 42.2 Å². The second-order valence-corrected chi connectivity index (χ2v) is 6.89. The van der Waals surface area contributed by atoms with Gasteiger partial charge in [0, 0.05) is 5.92 Å². The van der Waals surface area contributed by atoms with Crippen molar-refractivity contribution < 1.29 is 5.11 Å². The van der Waals surface area contributed by atoms with Gasteiger partial charge in [-0.2, -0.15) is 0 Å². The van der Waals surface area contributed by atoms with Crippen LogP contribution >= 0.6 is 0 Å². The van der Waals surface area contributed by atoms with E-state index in [1.165, 1.54) is 33.4 Å². The Kier molecular flexibility index (Phi) is 10.1. The van der Waals surface area contributed by atoms with Crippen LogP contribution in [0, 0.1) is 12.8 Å². The van der Waals surface area contributed by atoms with Gasteiger partial charge in [-0.25, -0.2) is 0 Å². The number of rotatable bonds is 5. The van der Waals surface area contributed by atoms with E-state index in [1.807, 2.05) is 33.8 Å². The number of allylic oxidation sites excluding steroid dienone is 1. The smallest absolute Gasteiger partial charge is 0.101 e. The molecule has 0 saturated heterocycles. The summed E-state index contributed by atoms with van der Waals surface area (Å²) in [6.07, 6.45) is 5.17. The maximum atomic E-state index is 10.7. The molecular formula is C27H40O. The van der Waals surface area contributed by atoms with Gasteiger partial charge in [0.1, 0.15) is 5.76 Å². The van der Waals surface area contributed by atoms with E-state index in [9.17, 15) is 5.11 Å². The Balaban J connectivity index is 0.000000921. The minimum Gasteiger partial charge on any atom is -0.512 e. The second kappa shape index (κ2) is 11.7. The zero-order chi connectivity index (χ0) is 21.3. The average molecular weight is 381 g/mol. The first kappa shape index (κ1) is 24.0. The van der Waals surface area contributed by atoms with E-state index in [-0.39, 0.29) is 5.92 Å². The quantitative estimate of drug-likeness (QED) is 0.550. The lowest BCUT2D eigenvalue weighted by Crippen LogP contribution is -2.13. The zero-order valence-electron chi connectivity index (χ0n) is 19.3. The fraction of sp³-hybridized carbons (Fsp3) is 0.481. The van der Waals surface area contributed by atoms with Crippen LogP contribution in [0.25, 0.3) is 17.2 Å². The molecule has 0 spiro atoms. The van der Waals surface area contributed by atoms with Crippen LogP contribution in [0.5, 0.6) is 0 Å². The summed E-state index contributed by atoms with van der Waals surface area (Å²) in [7, 11) is 0. The average Bonchev–Trinajstić information content (AvgIpc) is 3.08. The third-order valence-corrected chi connectivity index (χ3v) is 5.61. The maximum absolute atomic E-state index is 10.7. The molecule has 0 bridgehead atoms. The van der Waals surface area contributed by atoms with Crippen LogP contribution in [0.4, 0.5) is 0 Å². The van der Waals surface area contributed by atoms with Gasteiger partial charge in [-0.1, -0.05) is 97.7 Å². The van der Waals surface area contributed by atoms with E-state index < -0.39 is 0 Å². The van der Waals surface area contributed by atoms with Crippen molar-refractivity contribution in [3.63, 3.8) is 0 Å². The molecule has 0 radical (unpaired) electrons. The molecule has 1 aliphatic carbocycles. The Hall–Kier alpha value is -2.02. The summed E-state index contributed by atoms with van der Waals surface area (Å²) < 4.78 is 0. The van der Waals surface area contributed by atoms with Crippen LogP contribution in [-0.2, 0) is 6.42 Å². The van der Waals surface area contributed by atoms with Crippen molar-refractivity contribution in [3.05, 3.63) is 64.4 Å². The Morgan fingerprint density at radius 2 is 1.50 bits per heavy atom. The second-order valence-electron chi connectivity index (χ2n) is 6.89. The van der Waals surface area contributed by atoms with E-state index in [4.69, 9.17) is 0 Å². The lowest BCUT2D eigenvalue weighted by atomic mass is 9.78. The van der Waals surface area contributed by atoms with Crippen molar-refractivity contribution in [2.45, 2.75) is 80.6 Å². The molecule has 28 heavy (non-hydrogen) atoms. The van der Waals surface area contributed by atoms with Crippen molar-refractivity contribution in [1.29, 1.82) is 0 Å². The summed E-state index contributed by atoms with van der Waals surface area (Å²) in [4.78, 5) is 0. The molecule has 1 unspecified atom stereocenters. The number of hydrogen-bond acceptors (Lipinski definition) is 1. The highest BCUT2D eigenvalue weighted by atomic mass is 16.3. The van der Waals surface area contributed by atoms with Crippen molar-refractivity contribution in [2.75, 3.05) is 0 Å². The van der Waals surface area contributed by atoms with Crippen LogP contribution in [0.1, 0.15) is 89.5 Å². The lowest BCUT2D eigenvalue weighted by molar-refractivity contribution is 0.313. The third-order valence-electron chi connectivity index (χ3n) is 5.61. The van der Waals surface area contributed by atoms with Crippen LogP contribution in [0.2, 0.25) is 0 Å². The highest BCUT2D eigenvalue weighted by Gasteiger charge is 2.33. The van der Waals surface area contributed by atoms with E-state index in [0.717, 1.165) is 19.3 Å². The van der Waals surface area contributed by atoms with E-state index >= 15 is 0 Å². The highest BCUT2D eigenvalue weighted by molar-refractivity contribution is 5.82. The number of hydrogen-bond donors (Lipinski definition) is 1. The molecule has 2 aromatic rings. The molecule has 0 heterocycles. The van der Waals surface area contributed by atoms with Gasteiger partial charge < -0.3 is 5.11 Å². The molecule has 0 aliphatic heterocycles. The van der Waals surface area contributed by atoms with Gasteiger partial charge in [-0.05, 0) is 58.7 Å². The van der Waals surface area contributed by atoms with Gasteiger partial charge >= 0.3 is 0 Å². The monoisotopic (exact) mass is 380 g/mol. The summed E-state index contributed by atoms with van der Waals surface area (Å²) in [6.45, 7) is 16.9. The van der Waals surface area contributed by atoms with Gasteiger partial charge in [0.2, 0.25) is 0 Å². The molecule has 1 aliphatic rings. The fourth-order valence-corrected chi connectivity index (χ4v) is 4.27. The van der Waals surface area contributed by atoms with Crippen molar-refractivity contribution in [2.24, 2.45) is 5.92 Å². The zero-order valence-corrected chi connectivity index (χ0v) is 19.3. The summed E-state index contributed by atoms with van der Waals surface area (Å²) in [6, 6.07) is 13.1. The van der Waals surface area contributed by atoms with Gasteiger partial charge in [0.05, 0.1) is 0 Å². The third kappa shape index (κ3) is 4.69. The topological polar surface area (TPSA) is 20.2 Å². The Morgan fingerprint density at radius 3 is 2.07 bits per heavy atom. The summed E-state index contributed by atoms with van der Waals surface area (Å²) in [5.74, 6) is 1.16. The van der Waals surface area contributed by atoms with Crippen LogP contribution in [-0.4, -0.2) is 5.11 Å². The number of aliphatic hydroxyl groups excluding tert-OH is 1. The largest absolute Gasteiger partial charge is 0.512 e. The minimum absolute atomic E-state index is 0.134. The Bertz CT molecular complexity index is 766. The SMILES string of the molecule is CC.CC.CCc1ccccc1-c1c(C)ccc2c1C(C(CC)CC)C(O)=C2. The van der Waals surface area contributed by atoms with E-state index in [2.05, 4.69) is 64.1 Å². The Morgan fingerprint density at radius 1 is 0.893 bits per heavy atom. The predicted octanol–water partition coefficient (Wildman–Crippen LogP) is 8.71. The lowest BCUT2D eigenvalue weighted by Gasteiger charge is -2.26. The van der Waals surface area contributed by atoms with Gasteiger partial charge in [-0.15, -0.1) is 0 Å². The number of fused-ring (bicyclic) bond motifs is 1. The standard InChI is InChI=1S/C23H28O.2C2H6/c1-5-16(6-2)22-20(24)14-18-13-12-15(4)21(23(18)22)19-11-9-8-10-17(19)7-3;2*1-2/h8-14,16,22,24H,5-7H2,1-4H3;2*1-2H3. The molecule has 0 aromatic heterocycles. The number of benzene rings is 2. The number of aryl methyl sites for hydroxylation is 2. The molecule has 0 saturated carbocycles. The van der Waals surface area contributed by atoms with Crippen molar-refractivity contribution in [1.82, 2.24) is 0 Å². The first-order valence-electron chi connectivity index (χ1n) is 11.2. The molecule has 1 nitrogen and oxygen atoms in total. The van der Waals surface area contributed by atoms with Gasteiger partial charge in [0.25, 0.3) is 0 Å². The molecule has 154 valence electrons. The molecule has 0 fully saturated rings. The Labute approximate surface area is 173 Å². The number of aliphatic hydroxyl groups is 1. The molecule has 1 heteroatoms. The van der Waals surface area contributed by atoms with E-state index in [0.29, 0.717) is 11.7 Å². The first-order chi connectivity index (χ1) is 13.6. The summed E-state index contributed by atoms with van der Waals surface area (Å²) in [5, 5.41) is 10.7. The normalized spacial score (nSPS) is 14.5. The highest BCUT2D eigenvalue weighted by Crippen LogP contribution is 2.48. The molecule has 2 aromatic carbocycles. The molecule has 1 atom stereocenters. The summed E-state index contributed by atoms with van der Waals surface area (Å²) in [5.41, 5.74) is 7.87. The van der Waals surface area contributed by atoms with Gasteiger partial charge in [0.15, 0.2) is 0 Å². The summed E-state index contributed by atoms with van der Waals surface area (Å²) >= 11 is 0. The fourth-order valence-electron chi connectivity index (χ4n) is 4.27. The van der Waals surface area contributed by atoms with Crippen molar-refractivity contribution >= 4 is 6.08 Å². The molecule has 0 amide bonds. The predicted molar refractivity (Wildman–Crippen MR) is 126 cm³/mol. The van der Waals surface area contributed by atoms with Crippen LogP contribution < -0.4 is 0 Å². The van der Waals surface area contributed by atoms with Gasteiger partial charge in [-0.3, -0.25) is 0 Å². The molecule has 3 rings (SSSR count). The first-order valence-corrected chi connectivity index (χ1v) is 11.2. The van der Waals surface area contributed by atoms with E-state index in [1.54, 1.807) is 0 Å².